The smallest absolute Gasteiger partial charge is 0.225 e. The second kappa shape index (κ2) is 7.76. The van der Waals surface area contributed by atoms with Gasteiger partial charge in [-0.15, -0.1) is 0 Å². The molecule has 0 saturated carbocycles. The van der Waals surface area contributed by atoms with E-state index in [1.807, 2.05) is 0 Å². The zero-order valence-electron chi connectivity index (χ0n) is 16.8. The van der Waals surface area contributed by atoms with E-state index in [-0.39, 0.29) is 22.3 Å². The molecule has 0 amide bonds. The highest BCUT2D eigenvalue weighted by Gasteiger charge is 2.24. The first kappa shape index (κ1) is 19.8. The van der Waals surface area contributed by atoms with Gasteiger partial charge in [0, 0.05) is 11.6 Å². The van der Waals surface area contributed by atoms with Crippen LogP contribution >= 0.6 is 11.6 Å². The number of piperidine rings is 1. The van der Waals surface area contributed by atoms with E-state index in [1.165, 1.54) is 6.07 Å². The van der Waals surface area contributed by atoms with E-state index in [2.05, 4.69) is 51.3 Å². The minimum absolute atomic E-state index is 0.0657. The molecule has 29 heavy (non-hydrogen) atoms. The second-order valence-corrected chi connectivity index (χ2v) is 8.70. The Labute approximate surface area is 174 Å². The lowest BCUT2D eigenvalue weighted by atomic mass is 10.1. The number of nitrogens with zero attached hydrogens (tertiary/aromatic N) is 4. The highest BCUT2D eigenvalue weighted by atomic mass is 35.5. The van der Waals surface area contributed by atoms with Crippen LogP contribution in [0.25, 0.3) is 11.2 Å². The highest BCUT2D eigenvalue weighted by molar-refractivity contribution is 6.31. The number of imidazole rings is 1. The molecule has 3 heterocycles. The van der Waals surface area contributed by atoms with Gasteiger partial charge in [0.1, 0.15) is 5.52 Å². The molecule has 154 valence electrons. The Hall–Kier alpha value is -2.45. The number of hydrogen-bond donors (Lipinski definition) is 3. The first-order chi connectivity index (χ1) is 13.8. The van der Waals surface area contributed by atoms with Gasteiger partial charge >= 0.3 is 0 Å². The van der Waals surface area contributed by atoms with Crippen LogP contribution < -0.4 is 16.0 Å². The van der Waals surface area contributed by atoms with E-state index in [4.69, 9.17) is 16.6 Å². The van der Waals surface area contributed by atoms with Crippen LogP contribution in [0.3, 0.4) is 0 Å². The molecule has 4 rings (SSSR count). The molecular weight excluding hydrogens is 393 g/mol. The van der Waals surface area contributed by atoms with Crippen molar-refractivity contribution in [2.75, 3.05) is 23.7 Å². The minimum atomic E-state index is -0.501. The normalized spacial score (nSPS) is 15.6. The van der Waals surface area contributed by atoms with Crippen molar-refractivity contribution in [3.63, 3.8) is 0 Å². The summed E-state index contributed by atoms with van der Waals surface area (Å²) in [6.45, 7) is 7.99. The number of fused-ring (bicyclic) bond motifs is 1. The SMILES string of the molecule is CC(C)(C)Nc1ncc2nc(Nc3cccc(Cl)c3F)n(C3CCNCC3)c2n1. The van der Waals surface area contributed by atoms with E-state index < -0.39 is 5.82 Å². The van der Waals surface area contributed by atoms with Gasteiger partial charge in [-0.1, -0.05) is 17.7 Å². The average molecular weight is 418 g/mol. The van der Waals surface area contributed by atoms with Crippen molar-refractivity contribution in [1.29, 1.82) is 0 Å². The first-order valence-electron chi connectivity index (χ1n) is 9.77. The Morgan fingerprint density at radius 3 is 2.69 bits per heavy atom. The number of rotatable bonds is 4. The third kappa shape index (κ3) is 4.28. The number of halogens is 2. The molecule has 1 aliphatic rings. The lowest BCUT2D eigenvalue weighted by molar-refractivity contribution is 0.376. The third-order valence-electron chi connectivity index (χ3n) is 4.79. The fraction of sp³-hybridized carbons (Fsp3) is 0.450. The Morgan fingerprint density at radius 1 is 1.21 bits per heavy atom. The van der Waals surface area contributed by atoms with Crippen LogP contribution in [-0.4, -0.2) is 38.1 Å². The lowest BCUT2D eigenvalue weighted by Crippen LogP contribution is -2.30. The first-order valence-corrected chi connectivity index (χ1v) is 10.1. The van der Waals surface area contributed by atoms with Gasteiger partial charge in [0.05, 0.1) is 16.9 Å². The number of hydrogen-bond acceptors (Lipinski definition) is 6. The molecule has 0 aliphatic carbocycles. The largest absolute Gasteiger partial charge is 0.350 e. The van der Waals surface area contributed by atoms with Gasteiger partial charge in [0.15, 0.2) is 11.5 Å². The van der Waals surface area contributed by atoms with E-state index in [9.17, 15) is 4.39 Å². The Kier molecular flexibility index (Phi) is 5.31. The number of benzene rings is 1. The molecular formula is C20H25ClFN7. The van der Waals surface area contributed by atoms with Crippen molar-refractivity contribution in [1.82, 2.24) is 24.8 Å². The maximum Gasteiger partial charge on any atom is 0.225 e. The van der Waals surface area contributed by atoms with Crippen LogP contribution in [0, 0.1) is 5.82 Å². The zero-order valence-corrected chi connectivity index (χ0v) is 17.5. The summed E-state index contributed by atoms with van der Waals surface area (Å²) in [6.07, 6.45) is 3.57. The van der Waals surface area contributed by atoms with Gasteiger partial charge in [-0.25, -0.2) is 14.4 Å². The molecule has 0 unspecified atom stereocenters. The van der Waals surface area contributed by atoms with Crippen molar-refractivity contribution in [3.8, 4) is 0 Å². The summed E-state index contributed by atoms with van der Waals surface area (Å²) in [7, 11) is 0. The van der Waals surface area contributed by atoms with Crippen LogP contribution in [0.4, 0.5) is 22.0 Å². The topological polar surface area (TPSA) is 79.7 Å². The van der Waals surface area contributed by atoms with Crippen LogP contribution in [0.5, 0.6) is 0 Å². The summed E-state index contributed by atoms with van der Waals surface area (Å²) >= 11 is 5.95. The molecule has 7 nitrogen and oxygen atoms in total. The quantitative estimate of drug-likeness (QED) is 0.580. The van der Waals surface area contributed by atoms with Crippen LogP contribution in [-0.2, 0) is 0 Å². The molecule has 1 saturated heterocycles. The predicted octanol–water partition coefficient (Wildman–Crippen LogP) is 4.50. The summed E-state index contributed by atoms with van der Waals surface area (Å²) in [5.74, 6) is 0.579. The molecule has 0 atom stereocenters. The molecule has 9 heteroatoms. The van der Waals surface area contributed by atoms with Crippen molar-refractivity contribution in [3.05, 3.63) is 35.2 Å². The highest BCUT2D eigenvalue weighted by Crippen LogP contribution is 2.32. The van der Waals surface area contributed by atoms with Crippen molar-refractivity contribution in [2.45, 2.75) is 45.2 Å². The fourth-order valence-corrected chi connectivity index (χ4v) is 3.68. The number of anilines is 3. The van der Waals surface area contributed by atoms with Crippen molar-refractivity contribution < 1.29 is 4.39 Å². The van der Waals surface area contributed by atoms with E-state index in [0.717, 1.165) is 31.6 Å². The fourth-order valence-electron chi connectivity index (χ4n) is 3.51. The molecule has 3 aromatic rings. The van der Waals surface area contributed by atoms with Gasteiger partial charge in [-0.2, -0.15) is 4.98 Å². The monoisotopic (exact) mass is 417 g/mol. The minimum Gasteiger partial charge on any atom is -0.350 e. The van der Waals surface area contributed by atoms with Gasteiger partial charge in [0.2, 0.25) is 11.9 Å². The molecule has 2 aromatic heterocycles. The maximum atomic E-state index is 14.5. The molecule has 3 N–H and O–H groups in total. The van der Waals surface area contributed by atoms with E-state index in [1.54, 1.807) is 18.3 Å². The predicted molar refractivity (Wildman–Crippen MR) is 115 cm³/mol. The van der Waals surface area contributed by atoms with E-state index >= 15 is 0 Å². The van der Waals surface area contributed by atoms with E-state index in [0.29, 0.717) is 17.4 Å². The Bertz CT molecular complexity index is 1020. The summed E-state index contributed by atoms with van der Waals surface area (Å²) in [5.41, 5.74) is 1.50. The molecule has 0 bridgehead atoms. The molecule has 0 radical (unpaired) electrons. The van der Waals surface area contributed by atoms with Gasteiger partial charge < -0.3 is 16.0 Å². The number of nitrogens with one attached hydrogen (secondary N) is 3. The molecule has 1 aromatic carbocycles. The standard InChI is InChI=1S/C20H25ClFN7/c1-20(2,3)28-18-24-11-15-17(27-18)29(12-7-9-23-10-8-12)19(26-15)25-14-6-4-5-13(21)16(14)22/h4-6,11-12,23H,7-10H2,1-3H3,(H,25,26)(H,24,27,28). The lowest BCUT2D eigenvalue weighted by Gasteiger charge is -2.26. The van der Waals surface area contributed by atoms with Gasteiger partial charge in [-0.05, 0) is 58.8 Å². The Balaban J connectivity index is 1.80. The summed E-state index contributed by atoms with van der Waals surface area (Å²) in [6, 6.07) is 5.07. The van der Waals surface area contributed by atoms with Crippen molar-refractivity contribution in [2.24, 2.45) is 0 Å². The molecule has 1 aliphatic heterocycles. The third-order valence-corrected chi connectivity index (χ3v) is 5.08. The average Bonchev–Trinajstić information content (AvgIpc) is 3.02. The van der Waals surface area contributed by atoms with Crippen molar-refractivity contribution >= 4 is 40.3 Å². The summed E-state index contributed by atoms with van der Waals surface area (Å²) in [4.78, 5) is 13.8. The Morgan fingerprint density at radius 2 is 1.97 bits per heavy atom. The zero-order chi connectivity index (χ0) is 20.6. The van der Waals surface area contributed by atoms with Crippen LogP contribution in [0.15, 0.2) is 24.4 Å². The van der Waals surface area contributed by atoms with Gasteiger partial charge in [-0.3, -0.25) is 4.57 Å². The molecule has 0 spiro atoms. The molecule has 1 fully saturated rings. The van der Waals surface area contributed by atoms with Crippen LogP contribution in [0.2, 0.25) is 5.02 Å². The maximum absolute atomic E-state index is 14.5. The van der Waals surface area contributed by atoms with Gasteiger partial charge in [0.25, 0.3) is 0 Å². The number of aromatic nitrogens is 4. The second-order valence-electron chi connectivity index (χ2n) is 8.29. The summed E-state index contributed by atoms with van der Waals surface area (Å²) < 4.78 is 16.5. The summed E-state index contributed by atoms with van der Waals surface area (Å²) in [5, 5.41) is 9.87. The van der Waals surface area contributed by atoms with Crippen LogP contribution in [0.1, 0.15) is 39.7 Å².